The first kappa shape index (κ1) is 16.3. The lowest BCUT2D eigenvalue weighted by Gasteiger charge is -2.44. The molecule has 118 valence electrons. The third-order valence-electron chi connectivity index (χ3n) is 4.46. The highest BCUT2D eigenvalue weighted by Gasteiger charge is 2.35. The number of para-hydroxylation sites is 1. The lowest BCUT2D eigenvalue weighted by atomic mass is 9.83. The molecule has 0 aromatic heterocycles. The first-order chi connectivity index (χ1) is 10.2. The summed E-state index contributed by atoms with van der Waals surface area (Å²) in [7, 11) is 2.06. The van der Waals surface area contributed by atoms with Crippen LogP contribution in [0.5, 0.6) is 5.75 Å². The van der Waals surface area contributed by atoms with Gasteiger partial charge in [0.05, 0.1) is 6.61 Å². The van der Waals surface area contributed by atoms with Crippen molar-refractivity contribution < 1.29 is 4.74 Å². The quantitative estimate of drug-likeness (QED) is 0.868. The van der Waals surface area contributed by atoms with Crippen LogP contribution in [-0.2, 0) is 0 Å². The first-order valence-corrected chi connectivity index (χ1v) is 8.31. The number of nitrogens with zero attached hydrogens (tertiary/aromatic N) is 1. The number of likely N-dealkylation sites (tertiary alicyclic amines) is 1. The zero-order valence-electron chi connectivity index (χ0n) is 13.9. The third kappa shape index (κ3) is 3.78. The minimum absolute atomic E-state index is 0.453. The van der Waals surface area contributed by atoms with Crippen LogP contribution in [-0.4, -0.2) is 37.7 Å². The Morgan fingerprint density at radius 3 is 2.76 bits per heavy atom. The largest absolute Gasteiger partial charge is 0.494 e. The lowest BCUT2D eigenvalue weighted by Crippen LogP contribution is -2.45. The Balaban J connectivity index is 2.37. The van der Waals surface area contributed by atoms with Crippen LogP contribution in [0.3, 0.4) is 0 Å². The van der Waals surface area contributed by atoms with Crippen LogP contribution in [0.25, 0.3) is 0 Å². The number of hydrogen-bond acceptors (Lipinski definition) is 3. The van der Waals surface area contributed by atoms with E-state index in [0.29, 0.717) is 18.0 Å². The average Bonchev–Trinajstić information content (AvgIpc) is 2.48. The summed E-state index contributed by atoms with van der Waals surface area (Å²) in [5, 5.41) is 3.38. The van der Waals surface area contributed by atoms with Crippen molar-refractivity contribution in [3.8, 4) is 5.75 Å². The Kier molecular flexibility index (Phi) is 6.07. The minimum Gasteiger partial charge on any atom is -0.494 e. The van der Waals surface area contributed by atoms with Crippen LogP contribution in [0.15, 0.2) is 24.3 Å². The summed E-state index contributed by atoms with van der Waals surface area (Å²) in [6.07, 6.45) is 2.58. The van der Waals surface area contributed by atoms with Crippen LogP contribution in [0.4, 0.5) is 0 Å². The van der Waals surface area contributed by atoms with Crippen LogP contribution >= 0.6 is 0 Å². The van der Waals surface area contributed by atoms with Gasteiger partial charge in [-0.2, -0.15) is 0 Å². The molecule has 1 aromatic rings. The van der Waals surface area contributed by atoms with Crippen molar-refractivity contribution in [3.63, 3.8) is 0 Å². The molecule has 2 atom stereocenters. The van der Waals surface area contributed by atoms with Gasteiger partial charge in [0.1, 0.15) is 5.75 Å². The number of piperidine rings is 1. The normalized spacial score (nSPS) is 23.5. The van der Waals surface area contributed by atoms with Gasteiger partial charge in [-0.1, -0.05) is 18.2 Å². The van der Waals surface area contributed by atoms with Crippen LogP contribution in [0.2, 0.25) is 0 Å². The molecule has 2 unspecified atom stereocenters. The summed E-state index contributed by atoms with van der Waals surface area (Å²) in [6.45, 7) is 9.64. The minimum atomic E-state index is 0.453. The van der Waals surface area contributed by atoms with E-state index in [-0.39, 0.29) is 0 Å². The smallest absolute Gasteiger partial charge is 0.124 e. The molecule has 0 aliphatic carbocycles. The molecule has 3 heteroatoms. The summed E-state index contributed by atoms with van der Waals surface area (Å²) in [5.41, 5.74) is 1.35. The maximum absolute atomic E-state index is 5.90. The third-order valence-corrected chi connectivity index (χ3v) is 4.46. The molecular weight excluding hydrogens is 260 g/mol. The van der Waals surface area contributed by atoms with Crippen molar-refractivity contribution >= 4 is 0 Å². The molecule has 0 bridgehead atoms. The summed E-state index contributed by atoms with van der Waals surface area (Å²) in [5.74, 6) is 1.70. The molecule has 0 amide bonds. The van der Waals surface area contributed by atoms with Crippen molar-refractivity contribution in [2.75, 3.05) is 26.7 Å². The predicted molar refractivity (Wildman–Crippen MR) is 88.8 cm³/mol. The zero-order valence-corrected chi connectivity index (χ0v) is 13.9. The second kappa shape index (κ2) is 7.81. The fourth-order valence-corrected chi connectivity index (χ4v) is 3.60. The molecule has 1 heterocycles. The van der Waals surface area contributed by atoms with E-state index in [4.69, 9.17) is 4.74 Å². The summed E-state index contributed by atoms with van der Waals surface area (Å²) >= 11 is 0. The molecule has 0 spiro atoms. The maximum Gasteiger partial charge on any atom is 0.124 e. The highest BCUT2D eigenvalue weighted by Crippen LogP contribution is 2.40. The number of ether oxygens (including phenoxy) is 1. The van der Waals surface area contributed by atoms with Gasteiger partial charge < -0.3 is 10.1 Å². The topological polar surface area (TPSA) is 24.5 Å². The Bertz CT molecular complexity index is 431. The van der Waals surface area contributed by atoms with Crippen molar-refractivity contribution in [1.82, 2.24) is 10.2 Å². The van der Waals surface area contributed by atoms with Crippen LogP contribution in [0.1, 0.15) is 45.2 Å². The van der Waals surface area contributed by atoms with E-state index in [9.17, 15) is 0 Å². The van der Waals surface area contributed by atoms with Gasteiger partial charge in [-0.15, -0.1) is 0 Å². The second-order valence-corrected chi connectivity index (χ2v) is 6.21. The van der Waals surface area contributed by atoms with E-state index in [1.54, 1.807) is 0 Å². The van der Waals surface area contributed by atoms with Gasteiger partial charge in [-0.3, -0.25) is 4.90 Å². The molecular formula is C18H30N2O. The summed E-state index contributed by atoms with van der Waals surface area (Å²) in [4.78, 5) is 2.64. The van der Waals surface area contributed by atoms with Crippen LogP contribution < -0.4 is 10.1 Å². The number of nitrogens with one attached hydrogen (secondary N) is 1. The Labute approximate surface area is 129 Å². The number of hydrogen-bond donors (Lipinski definition) is 1. The van der Waals surface area contributed by atoms with Gasteiger partial charge in [0, 0.05) is 17.6 Å². The van der Waals surface area contributed by atoms with E-state index in [1.165, 1.54) is 24.9 Å². The van der Waals surface area contributed by atoms with E-state index in [0.717, 1.165) is 18.9 Å². The Morgan fingerprint density at radius 1 is 1.33 bits per heavy atom. The molecule has 1 aliphatic rings. The highest BCUT2D eigenvalue weighted by atomic mass is 16.5. The van der Waals surface area contributed by atoms with Gasteiger partial charge in [0.25, 0.3) is 0 Å². The average molecular weight is 290 g/mol. The SMILES string of the molecule is CCOc1ccccc1C1C(CNC)CCCN1C(C)C. The molecule has 3 nitrogen and oxygen atoms in total. The van der Waals surface area contributed by atoms with Crippen molar-refractivity contribution in [2.45, 2.75) is 45.7 Å². The van der Waals surface area contributed by atoms with Gasteiger partial charge in [0.2, 0.25) is 0 Å². The fraction of sp³-hybridized carbons (Fsp3) is 0.667. The van der Waals surface area contributed by atoms with E-state index >= 15 is 0 Å². The lowest BCUT2D eigenvalue weighted by molar-refractivity contribution is 0.0616. The Morgan fingerprint density at radius 2 is 2.10 bits per heavy atom. The predicted octanol–water partition coefficient (Wildman–Crippen LogP) is 3.47. The molecule has 1 N–H and O–H groups in total. The van der Waals surface area contributed by atoms with E-state index in [1.807, 2.05) is 0 Å². The van der Waals surface area contributed by atoms with Crippen LogP contribution in [0, 0.1) is 5.92 Å². The fourth-order valence-electron chi connectivity index (χ4n) is 3.60. The molecule has 1 fully saturated rings. The van der Waals surface area contributed by atoms with Gasteiger partial charge in [-0.25, -0.2) is 0 Å². The summed E-state index contributed by atoms with van der Waals surface area (Å²) < 4.78 is 5.90. The molecule has 2 rings (SSSR count). The maximum atomic E-state index is 5.90. The highest BCUT2D eigenvalue weighted by molar-refractivity contribution is 5.37. The van der Waals surface area contributed by atoms with Crippen molar-refractivity contribution in [3.05, 3.63) is 29.8 Å². The molecule has 0 radical (unpaired) electrons. The van der Waals surface area contributed by atoms with E-state index < -0.39 is 0 Å². The zero-order chi connectivity index (χ0) is 15.2. The first-order valence-electron chi connectivity index (χ1n) is 8.31. The molecule has 21 heavy (non-hydrogen) atoms. The monoisotopic (exact) mass is 290 g/mol. The second-order valence-electron chi connectivity index (χ2n) is 6.21. The van der Waals surface area contributed by atoms with Crippen molar-refractivity contribution in [2.24, 2.45) is 5.92 Å². The molecule has 0 saturated carbocycles. The van der Waals surface area contributed by atoms with Gasteiger partial charge in [0.15, 0.2) is 0 Å². The molecule has 1 aliphatic heterocycles. The number of benzene rings is 1. The number of rotatable bonds is 6. The van der Waals surface area contributed by atoms with Gasteiger partial charge in [-0.05, 0) is 65.7 Å². The van der Waals surface area contributed by atoms with Gasteiger partial charge >= 0.3 is 0 Å². The molecule has 1 aromatic carbocycles. The molecule has 1 saturated heterocycles. The Hall–Kier alpha value is -1.06. The van der Waals surface area contributed by atoms with Crippen molar-refractivity contribution in [1.29, 1.82) is 0 Å². The standard InChI is InChI=1S/C18H30N2O/c1-5-21-17-11-7-6-10-16(17)18-15(13-19-4)9-8-12-20(18)14(2)3/h6-7,10-11,14-15,18-19H,5,8-9,12-13H2,1-4H3. The van der Waals surface area contributed by atoms with E-state index in [2.05, 4.69) is 62.3 Å². The summed E-state index contributed by atoms with van der Waals surface area (Å²) in [6, 6.07) is 9.59.